The summed E-state index contributed by atoms with van der Waals surface area (Å²) in [6, 6.07) is 7.75. The third-order valence-corrected chi connectivity index (χ3v) is 5.70. The molecule has 0 aliphatic carbocycles. The van der Waals surface area contributed by atoms with Crippen molar-refractivity contribution in [3.05, 3.63) is 29.8 Å². The summed E-state index contributed by atoms with van der Waals surface area (Å²) in [5.41, 5.74) is 1.98. The van der Waals surface area contributed by atoms with Crippen LogP contribution in [0.1, 0.15) is 25.8 Å². The van der Waals surface area contributed by atoms with Gasteiger partial charge in [-0.3, -0.25) is 4.31 Å². The second-order valence-electron chi connectivity index (χ2n) is 5.01. The Morgan fingerprint density at radius 1 is 1.37 bits per heavy atom. The zero-order valence-corrected chi connectivity index (χ0v) is 12.4. The van der Waals surface area contributed by atoms with Gasteiger partial charge in [0.05, 0.1) is 10.9 Å². The number of benzene rings is 1. The smallest absolute Gasteiger partial charge is 0.239 e. The fourth-order valence-corrected chi connectivity index (χ4v) is 3.94. The SMILES string of the molecule is CCCNCC(C)S(=O)(=O)N1CCc2ccccc21. The molecule has 0 amide bonds. The quantitative estimate of drug-likeness (QED) is 0.809. The molecular weight excluding hydrogens is 260 g/mol. The summed E-state index contributed by atoms with van der Waals surface area (Å²) in [4.78, 5) is 0. The lowest BCUT2D eigenvalue weighted by molar-refractivity contribution is 0.567. The first-order valence-electron chi connectivity index (χ1n) is 6.87. The Labute approximate surface area is 115 Å². The third kappa shape index (κ3) is 2.92. The Bertz CT molecular complexity index is 528. The monoisotopic (exact) mass is 282 g/mol. The zero-order chi connectivity index (χ0) is 13.9. The lowest BCUT2D eigenvalue weighted by atomic mass is 10.2. The molecule has 1 aliphatic rings. The second kappa shape index (κ2) is 5.92. The summed E-state index contributed by atoms with van der Waals surface area (Å²) in [6.07, 6.45) is 1.82. The van der Waals surface area contributed by atoms with Gasteiger partial charge in [0.1, 0.15) is 0 Å². The molecule has 5 heteroatoms. The molecule has 4 nitrogen and oxygen atoms in total. The Morgan fingerprint density at radius 2 is 2.11 bits per heavy atom. The van der Waals surface area contributed by atoms with E-state index in [9.17, 15) is 8.42 Å². The number of nitrogens with zero attached hydrogens (tertiary/aromatic N) is 1. The maximum atomic E-state index is 12.6. The fraction of sp³-hybridized carbons (Fsp3) is 0.571. The van der Waals surface area contributed by atoms with Gasteiger partial charge in [0.15, 0.2) is 0 Å². The van der Waals surface area contributed by atoms with Gasteiger partial charge in [-0.2, -0.15) is 0 Å². The van der Waals surface area contributed by atoms with Crippen LogP contribution in [-0.2, 0) is 16.4 Å². The van der Waals surface area contributed by atoms with Crippen molar-refractivity contribution in [2.45, 2.75) is 31.9 Å². The minimum Gasteiger partial charge on any atom is -0.315 e. The van der Waals surface area contributed by atoms with Crippen LogP contribution < -0.4 is 9.62 Å². The number of hydrogen-bond donors (Lipinski definition) is 1. The maximum absolute atomic E-state index is 12.6. The largest absolute Gasteiger partial charge is 0.315 e. The molecule has 1 aromatic carbocycles. The van der Waals surface area contributed by atoms with Crippen molar-refractivity contribution in [2.24, 2.45) is 0 Å². The van der Waals surface area contributed by atoms with E-state index in [1.807, 2.05) is 24.3 Å². The van der Waals surface area contributed by atoms with Gasteiger partial charge in [-0.15, -0.1) is 0 Å². The molecule has 1 aliphatic heterocycles. The van der Waals surface area contributed by atoms with Crippen LogP contribution in [0, 0.1) is 0 Å². The molecule has 0 fully saturated rings. The standard InChI is InChI=1S/C14H22N2O2S/c1-3-9-15-11-12(2)19(17,18)16-10-8-13-6-4-5-7-14(13)16/h4-7,12,15H,3,8-11H2,1-2H3. The molecule has 19 heavy (non-hydrogen) atoms. The third-order valence-electron chi connectivity index (χ3n) is 3.52. The van der Waals surface area contributed by atoms with E-state index in [1.54, 1.807) is 11.2 Å². The molecule has 1 atom stereocenters. The molecule has 0 saturated carbocycles. The summed E-state index contributed by atoms with van der Waals surface area (Å²) >= 11 is 0. The summed E-state index contributed by atoms with van der Waals surface area (Å²) in [5.74, 6) is 0. The zero-order valence-electron chi connectivity index (χ0n) is 11.6. The van der Waals surface area contributed by atoms with E-state index in [4.69, 9.17) is 0 Å². The average Bonchev–Trinajstić information content (AvgIpc) is 2.83. The normalized spacial score (nSPS) is 16.4. The van der Waals surface area contributed by atoms with Gasteiger partial charge in [0, 0.05) is 13.1 Å². The Kier molecular flexibility index (Phi) is 4.47. The number of hydrogen-bond acceptors (Lipinski definition) is 3. The lowest BCUT2D eigenvalue weighted by Gasteiger charge is -2.24. The highest BCUT2D eigenvalue weighted by atomic mass is 32.2. The van der Waals surface area contributed by atoms with Gasteiger partial charge in [-0.25, -0.2) is 8.42 Å². The number of para-hydroxylation sites is 1. The molecule has 106 valence electrons. The Balaban J connectivity index is 2.13. The number of fused-ring (bicyclic) bond motifs is 1. The van der Waals surface area contributed by atoms with Gasteiger partial charge in [-0.1, -0.05) is 25.1 Å². The van der Waals surface area contributed by atoms with E-state index >= 15 is 0 Å². The molecule has 0 radical (unpaired) electrons. The van der Waals surface area contributed by atoms with Crippen LogP contribution in [0.2, 0.25) is 0 Å². The average molecular weight is 282 g/mol. The number of sulfonamides is 1. The van der Waals surface area contributed by atoms with Crippen LogP contribution in [0.4, 0.5) is 5.69 Å². The molecular formula is C14H22N2O2S. The van der Waals surface area contributed by atoms with Gasteiger partial charge < -0.3 is 5.32 Å². The van der Waals surface area contributed by atoms with Crippen LogP contribution in [0.15, 0.2) is 24.3 Å². The highest BCUT2D eigenvalue weighted by Gasteiger charge is 2.33. The summed E-state index contributed by atoms with van der Waals surface area (Å²) < 4.78 is 26.7. The minimum atomic E-state index is -3.26. The number of anilines is 1. The van der Waals surface area contributed by atoms with Gasteiger partial charge in [-0.05, 0) is 37.9 Å². The first-order valence-corrected chi connectivity index (χ1v) is 8.38. The second-order valence-corrected chi connectivity index (χ2v) is 7.29. The summed E-state index contributed by atoms with van der Waals surface area (Å²) in [6.45, 7) is 5.78. The Hall–Kier alpha value is -1.07. The fourth-order valence-electron chi connectivity index (χ4n) is 2.38. The number of rotatable bonds is 6. The van der Waals surface area contributed by atoms with E-state index in [2.05, 4.69) is 12.2 Å². The molecule has 0 spiro atoms. The minimum absolute atomic E-state index is 0.398. The van der Waals surface area contributed by atoms with Crippen LogP contribution in [0.5, 0.6) is 0 Å². The molecule has 2 rings (SSSR count). The first-order chi connectivity index (χ1) is 9.07. The van der Waals surface area contributed by atoms with E-state index in [1.165, 1.54) is 0 Å². The summed E-state index contributed by atoms with van der Waals surface area (Å²) in [7, 11) is -3.26. The molecule has 0 saturated heterocycles. The molecule has 1 N–H and O–H groups in total. The van der Waals surface area contributed by atoms with Gasteiger partial charge in [0.2, 0.25) is 10.0 Å². The van der Waals surface area contributed by atoms with Crippen molar-refractivity contribution < 1.29 is 8.42 Å². The van der Waals surface area contributed by atoms with E-state index in [0.29, 0.717) is 13.1 Å². The highest BCUT2D eigenvalue weighted by molar-refractivity contribution is 7.93. The lowest BCUT2D eigenvalue weighted by Crippen LogP contribution is -2.41. The molecule has 1 heterocycles. The highest BCUT2D eigenvalue weighted by Crippen LogP contribution is 2.31. The predicted molar refractivity (Wildman–Crippen MR) is 79.0 cm³/mol. The van der Waals surface area contributed by atoms with E-state index in [0.717, 1.165) is 30.6 Å². The van der Waals surface area contributed by atoms with Gasteiger partial charge >= 0.3 is 0 Å². The predicted octanol–water partition coefficient (Wildman–Crippen LogP) is 1.77. The Morgan fingerprint density at radius 3 is 2.84 bits per heavy atom. The molecule has 1 aromatic rings. The topological polar surface area (TPSA) is 49.4 Å². The van der Waals surface area contributed by atoms with Crippen LogP contribution in [-0.4, -0.2) is 33.3 Å². The van der Waals surface area contributed by atoms with Crippen molar-refractivity contribution in [1.82, 2.24) is 5.32 Å². The summed E-state index contributed by atoms with van der Waals surface area (Å²) in [5, 5.41) is 2.78. The van der Waals surface area contributed by atoms with Crippen molar-refractivity contribution >= 4 is 15.7 Å². The van der Waals surface area contributed by atoms with Crippen LogP contribution >= 0.6 is 0 Å². The van der Waals surface area contributed by atoms with E-state index < -0.39 is 15.3 Å². The van der Waals surface area contributed by atoms with Crippen molar-refractivity contribution in [1.29, 1.82) is 0 Å². The maximum Gasteiger partial charge on any atom is 0.239 e. The van der Waals surface area contributed by atoms with Crippen molar-refractivity contribution in [3.63, 3.8) is 0 Å². The first kappa shape index (κ1) is 14.3. The van der Waals surface area contributed by atoms with Crippen molar-refractivity contribution in [3.8, 4) is 0 Å². The molecule has 1 unspecified atom stereocenters. The van der Waals surface area contributed by atoms with Crippen LogP contribution in [0.3, 0.4) is 0 Å². The van der Waals surface area contributed by atoms with E-state index in [-0.39, 0.29) is 0 Å². The molecule has 0 aromatic heterocycles. The van der Waals surface area contributed by atoms with Crippen molar-refractivity contribution in [2.75, 3.05) is 23.9 Å². The van der Waals surface area contributed by atoms with Crippen LogP contribution in [0.25, 0.3) is 0 Å². The molecule has 0 bridgehead atoms. The van der Waals surface area contributed by atoms with Gasteiger partial charge in [0.25, 0.3) is 0 Å². The number of nitrogens with one attached hydrogen (secondary N) is 1.